The fourth-order valence-corrected chi connectivity index (χ4v) is 3.98. The molecule has 3 rings (SSSR count). The third kappa shape index (κ3) is 5.32. The van der Waals surface area contributed by atoms with Crippen molar-refractivity contribution < 1.29 is 19.5 Å². The van der Waals surface area contributed by atoms with E-state index in [4.69, 9.17) is 5.73 Å². The van der Waals surface area contributed by atoms with Crippen LogP contribution in [0.1, 0.15) is 37.7 Å². The molecule has 1 fully saturated rings. The molecule has 1 aromatic heterocycles. The molecule has 3 amide bonds. The summed E-state index contributed by atoms with van der Waals surface area (Å²) >= 11 is 0. The number of amides is 3. The molecule has 0 aliphatic heterocycles. The molecule has 1 aromatic carbocycles. The Hall–Kier alpha value is -3.69. The Morgan fingerprint density at radius 1 is 1.19 bits per heavy atom. The molecule has 1 aliphatic rings. The summed E-state index contributed by atoms with van der Waals surface area (Å²) in [5.41, 5.74) is 6.23. The van der Waals surface area contributed by atoms with Crippen LogP contribution in [0.15, 0.2) is 41.5 Å². The number of carbonyl (C=O) groups is 3. The highest BCUT2D eigenvalue weighted by Crippen LogP contribution is 2.29. The number of carboxylic acid groups (broad SMARTS) is 1. The number of rotatable bonds is 7. The molecule has 1 heterocycles. The van der Waals surface area contributed by atoms with Gasteiger partial charge in [0.25, 0.3) is 5.56 Å². The van der Waals surface area contributed by atoms with Crippen molar-refractivity contribution in [3.8, 4) is 11.3 Å². The maximum atomic E-state index is 13.0. The molecular formula is C22H27N5O5. The zero-order chi connectivity index (χ0) is 23.3. The zero-order valence-electron chi connectivity index (χ0n) is 17.8. The molecule has 10 heteroatoms. The largest absolute Gasteiger partial charge is 0.465 e. The number of nitrogens with two attached hydrogens (primary N) is 1. The van der Waals surface area contributed by atoms with Gasteiger partial charge in [-0.15, -0.1) is 0 Å². The van der Waals surface area contributed by atoms with Crippen molar-refractivity contribution in [1.82, 2.24) is 20.2 Å². The van der Waals surface area contributed by atoms with Crippen LogP contribution < -0.4 is 21.9 Å². The van der Waals surface area contributed by atoms with Gasteiger partial charge in [0.05, 0.1) is 11.9 Å². The van der Waals surface area contributed by atoms with Gasteiger partial charge < -0.3 is 26.0 Å². The molecule has 1 aliphatic carbocycles. The number of hydrogen-bond donors (Lipinski definition) is 4. The second-order valence-corrected chi connectivity index (χ2v) is 8.12. The Morgan fingerprint density at radius 2 is 1.84 bits per heavy atom. The minimum Gasteiger partial charge on any atom is -0.465 e. The Bertz CT molecular complexity index is 1060. The van der Waals surface area contributed by atoms with E-state index in [-0.39, 0.29) is 12.0 Å². The van der Waals surface area contributed by atoms with Gasteiger partial charge >= 0.3 is 6.09 Å². The number of nitrogens with one attached hydrogen (secondary N) is 2. The first-order chi connectivity index (χ1) is 15.2. The number of carbonyl (C=O) groups excluding carboxylic acids is 2. The molecule has 1 saturated carbocycles. The van der Waals surface area contributed by atoms with Crippen LogP contribution in [-0.2, 0) is 23.1 Å². The maximum Gasteiger partial charge on any atom is 0.405 e. The molecular weight excluding hydrogens is 414 g/mol. The van der Waals surface area contributed by atoms with Crippen molar-refractivity contribution in [3.05, 3.63) is 52.6 Å². The highest BCUT2D eigenvalue weighted by atomic mass is 16.4. The summed E-state index contributed by atoms with van der Waals surface area (Å²) in [6.45, 7) is 0. The molecule has 170 valence electrons. The standard InChI is InChI=1S/C22H27N5O5/c1-27-13-17(24-12-18(27)28)15-7-5-14(6-8-15)11-16(19(23)29)25-20(30)22(26-21(31)32)9-3-2-4-10-22/h5-8,12-13,16,26H,2-4,9-11H2,1H3,(H2,23,29)(H,25,30)(H,31,32). The van der Waals surface area contributed by atoms with E-state index in [1.54, 1.807) is 37.5 Å². The van der Waals surface area contributed by atoms with Gasteiger partial charge in [-0.3, -0.25) is 14.4 Å². The summed E-state index contributed by atoms with van der Waals surface area (Å²) in [5.74, 6) is -1.24. The van der Waals surface area contributed by atoms with Crippen molar-refractivity contribution in [3.63, 3.8) is 0 Å². The van der Waals surface area contributed by atoms with E-state index in [0.717, 1.165) is 30.4 Å². The Kier molecular flexibility index (Phi) is 6.92. The predicted octanol–water partition coefficient (Wildman–Crippen LogP) is 0.930. The number of nitrogens with zero attached hydrogens (tertiary/aromatic N) is 2. The second-order valence-electron chi connectivity index (χ2n) is 8.12. The second kappa shape index (κ2) is 9.63. The summed E-state index contributed by atoms with van der Waals surface area (Å²) in [6.07, 6.45) is 4.86. The molecule has 0 bridgehead atoms. The molecule has 1 atom stereocenters. The molecule has 1 unspecified atom stereocenters. The van der Waals surface area contributed by atoms with Crippen molar-refractivity contribution in [2.45, 2.75) is 50.1 Å². The lowest BCUT2D eigenvalue weighted by atomic mass is 9.80. The van der Waals surface area contributed by atoms with E-state index < -0.39 is 29.5 Å². The maximum absolute atomic E-state index is 13.0. The van der Waals surface area contributed by atoms with Gasteiger partial charge in [-0.1, -0.05) is 43.5 Å². The van der Waals surface area contributed by atoms with Gasteiger partial charge in [-0.25, -0.2) is 9.78 Å². The van der Waals surface area contributed by atoms with Gasteiger partial charge in [0.15, 0.2) is 0 Å². The van der Waals surface area contributed by atoms with Crippen molar-refractivity contribution in [2.75, 3.05) is 0 Å². The van der Waals surface area contributed by atoms with Gasteiger partial charge in [0.1, 0.15) is 11.6 Å². The number of primary amides is 1. The summed E-state index contributed by atoms with van der Waals surface area (Å²) in [4.78, 5) is 51.9. The first kappa shape index (κ1) is 23.0. The Morgan fingerprint density at radius 3 is 2.41 bits per heavy atom. The molecule has 5 N–H and O–H groups in total. The molecule has 32 heavy (non-hydrogen) atoms. The number of aromatic nitrogens is 2. The first-order valence-corrected chi connectivity index (χ1v) is 10.4. The minimum absolute atomic E-state index is 0.158. The van der Waals surface area contributed by atoms with Crippen LogP contribution >= 0.6 is 0 Å². The molecule has 0 spiro atoms. The predicted molar refractivity (Wildman–Crippen MR) is 117 cm³/mol. The van der Waals surface area contributed by atoms with Gasteiger partial charge in [0, 0.05) is 25.2 Å². The van der Waals surface area contributed by atoms with E-state index in [1.165, 1.54) is 10.8 Å². The quantitative estimate of drug-likeness (QED) is 0.501. The van der Waals surface area contributed by atoms with Crippen molar-refractivity contribution >= 4 is 17.9 Å². The van der Waals surface area contributed by atoms with E-state index in [9.17, 15) is 24.3 Å². The molecule has 2 aromatic rings. The van der Waals surface area contributed by atoms with Crippen LogP contribution in [0.25, 0.3) is 11.3 Å². The number of aryl methyl sites for hydroxylation is 1. The van der Waals surface area contributed by atoms with Gasteiger partial charge in [0.2, 0.25) is 11.8 Å². The SMILES string of the molecule is Cn1cc(-c2ccc(CC(NC(=O)C3(NC(=O)O)CCCCC3)C(N)=O)cc2)ncc1=O. The molecule has 0 radical (unpaired) electrons. The lowest BCUT2D eigenvalue weighted by molar-refractivity contribution is -0.132. The van der Waals surface area contributed by atoms with E-state index >= 15 is 0 Å². The molecule has 0 saturated heterocycles. The van der Waals surface area contributed by atoms with Crippen LogP contribution in [0.2, 0.25) is 0 Å². The fourth-order valence-electron chi connectivity index (χ4n) is 3.98. The third-order valence-corrected chi connectivity index (χ3v) is 5.80. The lowest BCUT2D eigenvalue weighted by Crippen LogP contribution is -2.62. The van der Waals surface area contributed by atoms with Gasteiger partial charge in [-0.2, -0.15) is 0 Å². The summed E-state index contributed by atoms with van der Waals surface area (Å²) in [5, 5.41) is 14.2. The van der Waals surface area contributed by atoms with Crippen LogP contribution in [0.4, 0.5) is 4.79 Å². The zero-order valence-corrected chi connectivity index (χ0v) is 17.8. The highest BCUT2D eigenvalue weighted by Gasteiger charge is 2.42. The van der Waals surface area contributed by atoms with E-state index in [0.29, 0.717) is 18.5 Å². The Balaban J connectivity index is 1.74. The summed E-state index contributed by atoms with van der Waals surface area (Å²) in [6, 6.07) is 6.19. The smallest absolute Gasteiger partial charge is 0.405 e. The lowest BCUT2D eigenvalue weighted by Gasteiger charge is -2.36. The fraction of sp³-hybridized carbons (Fsp3) is 0.409. The normalized spacial score (nSPS) is 16.0. The van der Waals surface area contributed by atoms with Gasteiger partial charge in [-0.05, 0) is 18.4 Å². The number of benzene rings is 1. The average Bonchev–Trinajstić information content (AvgIpc) is 2.75. The highest BCUT2D eigenvalue weighted by molar-refractivity contribution is 5.93. The van der Waals surface area contributed by atoms with Crippen molar-refractivity contribution in [2.24, 2.45) is 12.8 Å². The third-order valence-electron chi connectivity index (χ3n) is 5.80. The van der Waals surface area contributed by atoms with Crippen LogP contribution in [0.5, 0.6) is 0 Å². The summed E-state index contributed by atoms with van der Waals surface area (Å²) < 4.78 is 1.43. The topological polar surface area (TPSA) is 156 Å². The van der Waals surface area contributed by atoms with Crippen molar-refractivity contribution in [1.29, 1.82) is 0 Å². The summed E-state index contributed by atoms with van der Waals surface area (Å²) in [7, 11) is 1.64. The van der Waals surface area contributed by atoms with E-state index in [1.807, 2.05) is 0 Å². The first-order valence-electron chi connectivity index (χ1n) is 10.4. The number of hydrogen-bond acceptors (Lipinski definition) is 5. The van der Waals surface area contributed by atoms with Crippen LogP contribution in [-0.4, -0.2) is 44.1 Å². The Labute approximate surface area is 184 Å². The minimum atomic E-state index is -1.28. The van der Waals surface area contributed by atoms with E-state index in [2.05, 4.69) is 15.6 Å². The van der Waals surface area contributed by atoms with Crippen LogP contribution in [0, 0.1) is 0 Å². The average molecular weight is 441 g/mol. The van der Waals surface area contributed by atoms with Crippen LogP contribution in [0.3, 0.4) is 0 Å². The monoisotopic (exact) mass is 441 g/mol. The molecule has 10 nitrogen and oxygen atoms in total.